The lowest BCUT2D eigenvalue weighted by atomic mass is 9.88. The molecule has 8 heteroatoms. The number of anilines is 1. The van der Waals surface area contributed by atoms with Crippen LogP contribution in [0.2, 0.25) is 0 Å². The summed E-state index contributed by atoms with van der Waals surface area (Å²) in [6, 6.07) is 9.00. The van der Waals surface area contributed by atoms with E-state index in [2.05, 4.69) is 17.7 Å². The molecule has 1 fully saturated rings. The molecule has 7 nitrogen and oxygen atoms in total. The lowest BCUT2D eigenvalue weighted by Crippen LogP contribution is -2.43. The molecule has 0 bridgehead atoms. The number of amides is 2. The van der Waals surface area contributed by atoms with Crippen LogP contribution < -0.4 is 10.7 Å². The summed E-state index contributed by atoms with van der Waals surface area (Å²) in [5, 5.41) is 5.09. The highest BCUT2D eigenvalue weighted by Crippen LogP contribution is 2.40. The van der Waals surface area contributed by atoms with Crippen LogP contribution in [0, 0.1) is 5.92 Å². The topological polar surface area (TPSA) is 87.7 Å². The van der Waals surface area contributed by atoms with Crippen LogP contribution in [0.5, 0.6) is 0 Å². The summed E-state index contributed by atoms with van der Waals surface area (Å²) in [6.07, 6.45) is 2.78. The Morgan fingerprint density at radius 2 is 2.03 bits per heavy atom. The Kier molecular flexibility index (Phi) is 5.87. The molecule has 2 aliphatic rings. The molecule has 0 spiro atoms. The van der Waals surface area contributed by atoms with E-state index in [0.29, 0.717) is 23.0 Å². The quantitative estimate of drug-likeness (QED) is 0.717. The maximum absolute atomic E-state index is 13.1. The van der Waals surface area contributed by atoms with Crippen molar-refractivity contribution < 1.29 is 19.1 Å². The molecule has 1 saturated heterocycles. The number of benzene rings is 1. The van der Waals surface area contributed by atoms with E-state index in [9.17, 15) is 14.4 Å². The van der Waals surface area contributed by atoms with Crippen molar-refractivity contribution in [2.24, 2.45) is 5.92 Å². The van der Waals surface area contributed by atoms with E-state index in [0.717, 1.165) is 35.3 Å². The van der Waals surface area contributed by atoms with Crippen LogP contribution in [0.3, 0.4) is 0 Å². The van der Waals surface area contributed by atoms with Crippen LogP contribution in [0.25, 0.3) is 0 Å². The van der Waals surface area contributed by atoms with Gasteiger partial charge in [-0.3, -0.25) is 15.0 Å². The number of methoxy groups -OCH3 is 1. The highest BCUT2D eigenvalue weighted by molar-refractivity contribution is 7.17. The first-order valence-corrected chi connectivity index (χ1v) is 10.9. The van der Waals surface area contributed by atoms with Crippen LogP contribution in [-0.2, 0) is 33.7 Å². The number of carbonyl (C=O) groups is 3. The van der Waals surface area contributed by atoms with Crippen LogP contribution >= 0.6 is 11.3 Å². The smallest absolute Gasteiger partial charge is 0.341 e. The van der Waals surface area contributed by atoms with E-state index >= 15 is 0 Å². The Labute approximate surface area is 179 Å². The number of thiophene rings is 1. The number of rotatable bonds is 5. The van der Waals surface area contributed by atoms with E-state index in [4.69, 9.17) is 4.74 Å². The number of fused-ring (bicyclic) bond motifs is 1. The standard InChI is InChI=1S/C22H25N3O4S/c1-13-8-9-15-17(10-13)30-21(19(15)22(28)29-2)23-20(27)16-11-18(26)24-25(16)12-14-6-4-3-5-7-14/h3-7,13,16H,8-12H2,1-2H3,(H,23,27)(H,24,26)/t13-,16-/m1/s1. The minimum Gasteiger partial charge on any atom is -0.465 e. The first-order valence-electron chi connectivity index (χ1n) is 10.1. The van der Waals surface area contributed by atoms with E-state index in [1.807, 2.05) is 30.3 Å². The summed E-state index contributed by atoms with van der Waals surface area (Å²) in [4.78, 5) is 38.7. The SMILES string of the molecule is COC(=O)c1c(NC(=O)[C@H]2CC(=O)NN2Cc2ccccc2)sc2c1CC[C@@H](C)C2. The van der Waals surface area contributed by atoms with Crippen molar-refractivity contribution in [3.63, 3.8) is 0 Å². The van der Waals surface area contributed by atoms with E-state index in [1.54, 1.807) is 5.01 Å². The summed E-state index contributed by atoms with van der Waals surface area (Å²) in [7, 11) is 1.35. The molecule has 0 unspecified atom stereocenters. The Balaban J connectivity index is 1.57. The monoisotopic (exact) mass is 427 g/mol. The van der Waals surface area contributed by atoms with Crippen molar-refractivity contribution in [1.82, 2.24) is 10.4 Å². The van der Waals surface area contributed by atoms with Gasteiger partial charge in [0.05, 0.1) is 19.1 Å². The van der Waals surface area contributed by atoms with Gasteiger partial charge in [0.1, 0.15) is 11.0 Å². The van der Waals surface area contributed by atoms with Crippen LogP contribution in [0.1, 0.15) is 46.1 Å². The molecule has 1 aromatic carbocycles. The van der Waals surface area contributed by atoms with Crippen molar-refractivity contribution in [3.8, 4) is 0 Å². The fourth-order valence-electron chi connectivity index (χ4n) is 4.09. The second kappa shape index (κ2) is 8.57. The first-order chi connectivity index (χ1) is 14.5. The van der Waals surface area contributed by atoms with Crippen LogP contribution in [-0.4, -0.2) is 35.9 Å². The van der Waals surface area contributed by atoms with Crippen molar-refractivity contribution in [2.45, 2.75) is 45.2 Å². The van der Waals surface area contributed by atoms with Gasteiger partial charge in [0.25, 0.3) is 0 Å². The van der Waals surface area contributed by atoms with Gasteiger partial charge < -0.3 is 10.1 Å². The molecule has 2 amide bonds. The molecule has 158 valence electrons. The minimum absolute atomic E-state index is 0.0777. The van der Waals surface area contributed by atoms with Crippen molar-refractivity contribution in [2.75, 3.05) is 12.4 Å². The van der Waals surface area contributed by atoms with Crippen molar-refractivity contribution >= 4 is 34.1 Å². The summed E-state index contributed by atoms with van der Waals surface area (Å²) in [6.45, 7) is 2.61. The Hall–Kier alpha value is -2.71. The summed E-state index contributed by atoms with van der Waals surface area (Å²) < 4.78 is 4.99. The largest absolute Gasteiger partial charge is 0.465 e. The second-order valence-corrected chi connectivity index (χ2v) is 9.01. The highest BCUT2D eigenvalue weighted by Gasteiger charge is 2.37. The number of ether oxygens (including phenoxy) is 1. The molecular weight excluding hydrogens is 402 g/mol. The maximum Gasteiger partial charge on any atom is 0.341 e. The van der Waals surface area contributed by atoms with Gasteiger partial charge >= 0.3 is 5.97 Å². The molecule has 2 N–H and O–H groups in total. The van der Waals surface area contributed by atoms with Crippen molar-refractivity contribution in [3.05, 3.63) is 51.9 Å². The van der Waals surface area contributed by atoms with Gasteiger partial charge in [-0.2, -0.15) is 0 Å². The van der Waals surface area contributed by atoms with Gasteiger partial charge in [-0.15, -0.1) is 11.3 Å². The number of nitrogens with one attached hydrogen (secondary N) is 2. The molecule has 30 heavy (non-hydrogen) atoms. The molecule has 4 rings (SSSR count). The Morgan fingerprint density at radius 1 is 1.27 bits per heavy atom. The van der Waals surface area contributed by atoms with Gasteiger partial charge in [-0.25, -0.2) is 9.80 Å². The summed E-state index contributed by atoms with van der Waals surface area (Å²) in [5.41, 5.74) is 5.21. The molecule has 1 aliphatic heterocycles. The molecule has 2 heterocycles. The predicted octanol–water partition coefficient (Wildman–Crippen LogP) is 2.90. The lowest BCUT2D eigenvalue weighted by Gasteiger charge is -2.22. The normalized spacial score (nSPS) is 21.1. The van der Waals surface area contributed by atoms with E-state index < -0.39 is 12.0 Å². The van der Waals surface area contributed by atoms with Crippen LogP contribution in [0.15, 0.2) is 30.3 Å². The molecule has 2 atom stereocenters. The number of esters is 1. The third kappa shape index (κ3) is 4.11. The minimum atomic E-state index is -0.652. The fourth-order valence-corrected chi connectivity index (χ4v) is 5.49. The molecule has 1 aliphatic carbocycles. The zero-order valence-corrected chi connectivity index (χ0v) is 17.9. The van der Waals surface area contributed by atoms with Gasteiger partial charge in [0.15, 0.2) is 0 Å². The first kappa shape index (κ1) is 20.6. The summed E-state index contributed by atoms with van der Waals surface area (Å²) >= 11 is 1.45. The van der Waals surface area contributed by atoms with Crippen molar-refractivity contribution in [1.29, 1.82) is 0 Å². The molecule has 2 aromatic rings. The number of hydrogen-bond acceptors (Lipinski definition) is 6. The zero-order valence-electron chi connectivity index (χ0n) is 17.1. The average Bonchev–Trinajstić information content (AvgIpc) is 3.27. The third-order valence-corrected chi connectivity index (χ3v) is 6.83. The second-order valence-electron chi connectivity index (χ2n) is 7.91. The lowest BCUT2D eigenvalue weighted by molar-refractivity contribution is -0.121. The van der Waals surface area contributed by atoms with Gasteiger partial charge in [0.2, 0.25) is 11.8 Å². The molecular formula is C22H25N3O4S. The maximum atomic E-state index is 13.1. The Bertz CT molecular complexity index is 972. The Morgan fingerprint density at radius 3 is 2.77 bits per heavy atom. The van der Waals surface area contributed by atoms with Gasteiger partial charge in [-0.05, 0) is 36.3 Å². The van der Waals surface area contributed by atoms with E-state index in [1.165, 1.54) is 18.4 Å². The van der Waals surface area contributed by atoms with Gasteiger partial charge in [0, 0.05) is 11.4 Å². The molecule has 1 aromatic heterocycles. The number of carbonyl (C=O) groups excluding carboxylic acids is 3. The van der Waals surface area contributed by atoms with Gasteiger partial charge in [-0.1, -0.05) is 37.3 Å². The van der Waals surface area contributed by atoms with Crippen LogP contribution in [0.4, 0.5) is 5.00 Å². The number of hydrogen-bond donors (Lipinski definition) is 2. The zero-order chi connectivity index (χ0) is 21.3. The third-order valence-electron chi connectivity index (χ3n) is 5.66. The van der Waals surface area contributed by atoms with E-state index in [-0.39, 0.29) is 18.2 Å². The average molecular weight is 428 g/mol. The molecule has 0 saturated carbocycles. The molecule has 0 radical (unpaired) electrons. The number of nitrogens with zero attached hydrogens (tertiary/aromatic N) is 1. The fraction of sp³-hybridized carbons (Fsp3) is 0.409. The number of hydrazine groups is 1. The summed E-state index contributed by atoms with van der Waals surface area (Å²) in [5.74, 6) is -0.387. The predicted molar refractivity (Wildman–Crippen MR) is 114 cm³/mol. The highest BCUT2D eigenvalue weighted by atomic mass is 32.1.